The second kappa shape index (κ2) is 9.82. The molecule has 1 rings (SSSR count). The van der Waals surface area contributed by atoms with Crippen molar-refractivity contribution in [3.63, 3.8) is 0 Å². The molecule has 20 heavy (non-hydrogen) atoms. The van der Waals surface area contributed by atoms with Crippen LogP contribution in [0.2, 0.25) is 0 Å². The lowest BCUT2D eigenvalue weighted by Crippen LogP contribution is -2.20. The topological polar surface area (TPSA) is 21.3 Å². The third kappa shape index (κ3) is 5.16. The Morgan fingerprint density at radius 1 is 1.15 bits per heavy atom. The van der Waals surface area contributed by atoms with Crippen LogP contribution in [0.25, 0.3) is 0 Å². The molecular formula is C18H31NO. The molecule has 0 fully saturated rings. The predicted octanol–water partition coefficient (Wildman–Crippen LogP) is 4.95. The van der Waals surface area contributed by atoms with Gasteiger partial charge in [-0.05, 0) is 32.4 Å². The molecule has 2 atom stereocenters. The van der Waals surface area contributed by atoms with E-state index in [4.69, 9.17) is 4.74 Å². The fourth-order valence-corrected chi connectivity index (χ4v) is 2.77. The second-order valence-corrected chi connectivity index (χ2v) is 5.46. The van der Waals surface area contributed by atoms with Crippen molar-refractivity contribution in [2.24, 2.45) is 5.92 Å². The Morgan fingerprint density at radius 2 is 1.90 bits per heavy atom. The fraction of sp³-hybridized carbons (Fsp3) is 0.667. The number of unbranched alkanes of at least 4 members (excludes halogenated alkanes) is 1. The summed E-state index contributed by atoms with van der Waals surface area (Å²) in [5.74, 6) is 1.82. The predicted molar refractivity (Wildman–Crippen MR) is 87.3 cm³/mol. The van der Waals surface area contributed by atoms with Crippen molar-refractivity contribution in [2.45, 2.75) is 58.9 Å². The van der Waals surface area contributed by atoms with Gasteiger partial charge in [-0.3, -0.25) is 0 Å². The average molecular weight is 277 g/mol. The van der Waals surface area contributed by atoms with Gasteiger partial charge in [0, 0.05) is 11.6 Å². The molecule has 0 amide bonds. The van der Waals surface area contributed by atoms with E-state index in [2.05, 4.69) is 50.5 Å². The summed E-state index contributed by atoms with van der Waals surface area (Å²) in [5, 5.41) is 3.48. The van der Waals surface area contributed by atoms with Crippen molar-refractivity contribution in [1.29, 1.82) is 0 Å². The van der Waals surface area contributed by atoms with Gasteiger partial charge in [0.05, 0.1) is 6.61 Å². The van der Waals surface area contributed by atoms with Crippen LogP contribution in [0, 0.1) is 5.92 Å². The number of hydrogen-bond donors (Lipinski definition) is 1. The summed E-state index contributed by atoms with van der Waals surface area (Å²) in [5.41, 5.74) is 1.30. The zero-order chi connectivity index (χ0) is 14.8. The lowest BCUT2D eigenvalue weighted by Gasteiger charge is -2.24. The van der Waals surface area contributed by atoms with Crippen LogP contribution in [0.5, 0.6) is 5.75 Å². The Balaban J connectivity index is 2.78. The Morgan fingerprint density at radius 3 is 2.50 bits per heavy atom. The van der Waals surface area contributed by atoms with Crippen LogP contribution in [-0.4, -0.2) is 13.7 Å². The summed E-state index contributed by atoms with van der Waals surface area (Å²) >= 11 is 0. The maximum atomic E-state index is 5.78. The summed E-state index contributed by atoms with van der Waals surface area (Å²) in [7, 11) is 2.06. The van der Waals surface area contributed by atoms with E-state index in [-0.39, 0.29) is 0 Å². The van der Waals surface area contributed by atoms with Crippen LogP contribution in [0.1, 0.15) is 64.5 Å². The molecular weight excluding hydrogens is 246 g/mol. The van der Waals surface area contributed by atoms with E-state index in [0.717, 1.165) is 18.3 Å². The minimum absolute atomic E-state index is 0.388. The summed E-state index contributed by atoms with van der Waals surface area (Å²) in [6.45, 7) is 7.34. The van der Waals surface area contributed by atoms with Crippen LogP contribution < -0.4 is 10.1 Å². The van der Waals surface area contributed by atoms with Gasteiger partial charge in [0.25, 0.3) is 0 Å². The quantitative estimate of drug-likeness (QED) is 0.653. The molecule has 0 spiro atoms. The van der Waals surface area contributed by atoms with Crippen LogP contribution in [0.4, 0.5) is 0 Å². The molecule has 0 aliphatic heterocycles. The molecule has 114 valence electrons. The summed E-state index contributed by atoms with van der Waals surface area (Å²) in [6.07, 6.45) is 6.41. The smallest absolute Gasteiger partial charge is 0.124 e. The first-order chi connectivity index (χ1) is 9.76. The van der Waals surface area contributed by atoms with Gasteiger partial charge in [-0.15, -0.1) is 0 Å². The van der Waals surface area contributed by atoms with Crippen molar-refractivity contribution in [2.75, 3.05) is 13.7 Å². The van der Waals surface area contributed by atoms with E-state index < -0.39 is 0 Å². The van der Waals surface area contributed by atoms with Crippen molar-refractivity contribution in [3.05, 3.63) is 29.8 Å². The Labute approximate surface area is 124 Å². The fourth-order valence-electron chi connectivity index (χ4n) is 2.77. The first-order valence-electron chi connectivity index (χ1n) is 8.15. The average Bonchev–Trinajstić information content (AvgIpc) is 2.49. The highest BCUT2D eigenvalue weighted by molar-refractivity contribution is 5.36. The minimum atomic E-state index is 0.388. The Kier molecular flexibility index (Phi) is 8.36. The summed E-state index contributed by atoms with van der Waals surface area (Å²) < 4.78 is 5.78. The molecule has 2 nitrogen and oxygen atoms in total. The summed E-state index contributed by atoms with van der Waals surface area (Å²) in [6, 6.07) is 8.82. The van der Waals surface area contributed by atoms with Crippen LogP contribution in [0.15, 0.2) is 24.3 Å². The first kappa shape index (κ1) is 17.0. The van der Waals surface area contributed by atoms with Crippen molar-refractivity contribution >= 4 is 0 Å². The van der Waals surface area contributed by atoms with Crippen LogP contribution in [0.3, 0.4) is 0 Å². The number of para-hydroxylation sites is 1. The van der Waals surface area contributed by atoms with Gasteiger partial charge >= 0.3 is 0 Å². The second-order valence-electron chi connectivity index (χ2n) is 5.46. The molecule has 2 unspecified atom stereocenters. The van der Waals surface area contributed by atoms with Gasteiger partial charge in [-0.25, -0.2) is 0 Å². The zero-order valence-corrected chi connectivity index (χ0v) is 13.6. The molecule has 0 aliphatic carbocycles. The van der Waals surface area contributed by atoms with E-state index in [0.29, 0.717) is 6.04 Å². The van der Waals surface area contributed by atoms with Crippen molar-refractivity contribution in [3.8, 4) is 5.75 Å². The molecule has 0 aliphatic rings. The number of ether oxygens (including phenoxy) is 1. The van der Waals surface area contributed by atoms with Crippen molar-refractivity contribution in [1.82, 2.24) is 5.32 Å². The SMILES string of the molecule is CCCCC(CC)CC(NC)c1ccccc1OCC. The Hall–Kier alpha value is -1.02. The largest absolute Gasteiger partial charge is 0.494 e. The van der Waals surface area contributed by atoms with Gasteiger partial charge in [0.2, 0.25) is 0 Å². The lowest BCUT2D eigenvalue weighted by molar-refractivity contribution is 0.320. The molecule has 0 radical (unpaired) electrons. The maximum Gasteiger partial charge on any atom is 0.124 e. The van der Waals surface area contributed by atoms with Gasteiger partial charge in [0.15, 0.2) is 0 Å². The Bertz CT molecular complexity index is 364. The van der Waals surface area contributed by atoms with E-state index in [1.54, 1.807) is 0 Å². The first-order valence-corrected chi connectivity index (χ1v) is 8.15. The molecule has 0 bridgehead atoms. The number of rotatable bonds is 10. The third-order valence-electron chi connectivity index (χ3n) is 4.06. The van der Waals surface area contributed by atoms with Gasteiger partial charge in [0.1, 0.15) is 5.75 Å². The molecule has 1 aromatic rings. The molecule has 0 aromatic heterocycles. The zero-order valence-electron chi connectivity index (χ0n) is 13.6. The van der Waals surface area contributed by atoms with E-state index in [1.807, 2.05) is 6.92 Å². The molecule has 0 saturated carbocycles. The molecule has 1 N–H and O–H groups in total. The van der Waals surface area contributed by atoms with Crippen LogP contribution in [-0.2, 0) is 0 Å². The number of benzene rings is 1. The third-order valence-corrected chi connectivity index (χ3v) is 4.06. The number of nitrogens with one attached hydrogen (secondary N) is 1. The van der Waals surface area contributed by atoms with Crippen LogP contribution >= 0.6 is 0 Å². The standard InChI is InChI=1S/C18H31NO/c1-5-8-11-15(6-2)14-17(19-4)16-12-9-10-13-18(16)20-7-3/h9-10,12-13,15,17,19H,5-8,11,14H2,1-4H3. The maximum absolute atomic E-state index is 5.78. The molecule has 0 heterocycles. The van der Waals surface area contributed by atoms with E-state index >= 15 is 0 Å². The molecule has 0 saturated heterocycles. The monoisotopic (exact) mass is 277 g/mol. The summed E-state index contributed by atoms with van der Waals surface area (Å²) in [4.78, 5) is 0. The molecule has 1 aromatic carbocycles. The van der Waals surface area contributed by atoms with Gasteiger partial charge < -0.3 is 10.1 Å². The highest BCUT2D eigenvalue weighted by Gasteiger charge is 2.18. The van der Waals surface area contributed by atoms with Crippen molar-refractivity contribution < 1.29 is 4.74 Å². The highest BCUT2D eigenvalue weighted by atomic mass is 16.5. The van der Waals surface area contributed by atoms with Gasteiger partial charge in [-0.1, -0.05) is 57.7 Å². The molecule has 2 heteroatoms. The minimum Gasteiger partial charge on any atom is -0.494 e. The lowest BCUT2D eigenvalue weighted by atomic mass is 9.89. The normalized spacial score (nSPS) is 14.0. The van der Waals surface area contributed by atoms with Gasteiger partial charge in [-0.2, -0.15) is 0 Å². The van der Waals surface area contributed by atoms with E-state index in [1.165, 1.54) is 37.7 Å². The number of hydrogen-bond acceptors (Lipinski definition) is 2. The van der Waals surface area contributed by atoms with E-state index in [9.17, 15) is 0 Å². The highest BCUT2D eigenvalue weighted by Crippen LogP contribution is 2.31.